The minimum atomic E-state index is 0.0379. The number of rotatable bonds is 0. The molecule has 0 N–H and O–H groups in total. The van der Waals surface area contributed by atoms with Gasteiger partial charge in [0.1, 0.15) is 5.58 Å². The maximum atomic E-state index is 6.05. The summed E-state index contributed by atoms with van der Waals surface area (Å²) < 4.78 is 7.30. The van der Waals surface area contributed by atoms with Crippen LogP contribution in [0.1, 0.15) is 32.1 Å². The minimum absolute atomic E-state index is 0.0379. The Morgan fingerprint density at radius 3 is 2.78 bits per heavy atom. The van der Waals surface area contributed by atoms with Crippen molar-refractivity contribution in [2.75, 3.05) is 6.54 Å². The van der Waals surface area contributed by atoms with Gasteiger partial charge in [-0.3, -0.25) is 4.99 Å². The molecule has 0 atom stereocenters. The van der Waals surface area contributed by atoms with Crippen molar-refractivity contribution >= 4 is 39.3 Å². The fraction of sp³-hybridized carbons (Fsp3) is 0.400. The van der Waals surface area contributed by atoms with Crippen molar-refractivity contribution in [1.82, 2.24) is 0 Å². The van der Waals surface area contributed by atoms with Crippen molar-refractivity contribution < 1.29 is 4.42 Å². The Hall–Kier alpha value is -0.840. The zero-order chi connectivity index (χ0) is 12.9. The quantitative estimate of drug-likeness (QED) is 0.644. The van der Waals surface area contributed by atoms with E-state index >= 15 is 0 Å². The van der Waals surface area contributed by atoms with Gasteiger partial charge in [0.2, 0.25) is 0 Å². The second-order valence-electron chi connectivity index (χ2n) is 5.78. The van der Waals surface area contributed by atoms with Gasteiger partial charge in [-0.15, -0.1) is 0 Å². The molecule has 0 unspecified atom stereocenters. The van der Waals surface area contributed by atoms with E-state index in [0.717, 1.165) is 30.0 Å². The molecule has 2 aromatic rings. The Balaban J connectivity index is 2.27. The predicted octanol–water partition coefficient (Wildman–Crippen LogP) is 4.43. The Kier molecular flexibility index (Phi) is 2.77. The molecule has 3 heteroatoms. The molecule has 3 rings (SSSR count). The molecule has 1 aromatic carbocycles. The summed E-state index contributed by atoms with van der Waals surface area (Å²) in [6.07, 6.45) is 0.988. The van der Waals surface area contributed by atoms with Gasteiger partial charge in [0.15, 0.2) is 5.76 Å². The molecule has 0 saturated carbocycles. The van der Waals surface area contributed by atoms with Crippen molar-refractivity contribution in [3.63, 3.8) is 0 Å². The van der Waals surface area contributed by atoms with Gasteiger partial charge < -0.3 is 4.42 Å². The first-order chi connectivity index (χ1) is 8.47. The van der Waals surface area contributed by atoms with Gasteiger partial charge in [0.05, 0.1) is 5.71 Å². The molecule has 2 nitrogen and oxygen atoms in total. The van der Waals surface area contributed by atoms with E-state index in [9.17, 15) is 0 Å². The fourth-order valence-corrected chi connectivity index (χ4v) is 2.98. The summed E-state index contributed by atoms with van der Waals surface area (Å²) >= 11 is 2.35. The minimum Gasteiger partial charge on any atom is -0.454 e. The van der Waals surface area contributed by atoms with E-state index in [-0.39, 0.29) is 5.41 Å². The van der Waals surface area contributed by atoms with Crippen molar-refractivity contribution in [3.05, 3.63) is 33.1 Å². The number of aliphatic imine (C=N–C) groups is 1. The predicted molar refractivity (Wildman–Crippen MR) is 83.5 cm³/mol. The lowest BCUT2D eigenvalue weighted by atomic mass is 9.85. The van der Waals surface area contributed by atoms with E-state index in [0.29, 0.717) is 0 Å². The molecule has 0 aliphatic carbocycles. The van der Waals surface area contributed by atoms with Crippen LogP contribution in [0.5, 0.6) is 0 Å². The van der Waals surface area contributed by atoms with E-state index < -0.39 is 0 Å². The van der Waals surface area contributed by atoms with E-state index in [1.165, 1.54) is 14.5 Å². The van der Waals surface area contributed by atoms with Crippen LogP contribution >= 0.6 is 22.6 Å². The fourth-order valence-electron chi connectivity index (χ4n) is 2.49. The lowest BCUT2D eigenvalue weighted by Crippen LogP contribution is -2.25. The van der Waals surface area contributed by atoms with Gasteiger partial charge in [-0.25, -0.2) is 0 Å². The zero-order valence-electron chi connectivity index (χ0n) is 10.9. The standard InChI is InChI=1S/C15H16INO/c1-15(2,3)14-13-10(6-7-17-14)11-8-9(16)4-5-12(11)18-13/h4-5,8H,6-7H2,1-3H3. The molecule has 0 amide bonds. The first-order valence-electron chi connectivity index (χ1n) is 6.23. The number of nitrogens with zero attached hydrogens (tertiary/aromatic N) is 1. The van der Waals surface area contributed by atoms with Crippen LogP contribution in [0.25, 0.3) is 11.0 Å². The highest BCUT2D eigenvalue weighted by molar-refractivity contribution is 14.1. The molecule has 94 valence electrons. The van der Waals surface area contributed by atoms with Gasteiger partial charge in [-0.05, 0) is 47.2 Å². The number of furan rings is 1. The normalized spacial score (nSPS) is 15.7. The zero-order valence-corrected chi connectivity index (χ0v) is 13.0. The van der Waals surface area contributed by atoms with Crippen LogP contribution < -0.4 is 0 Å². The van der Waals surface area contributed by atoms with Crippen LogP contribution in [0.15, 0.2) is 27.6 Å². The number of hydrogen-bond acceptors (Lipinski definition) is 2. The van der Waals surface area contributed by atoms with Gasteiger partial charge in [-0.2, -0.15) is 0 Å². The number of hydrogen-bond donors (Lipinski definition) is 0. The summed E-state index contributed by atoms with van der Waals surface area (Å²) in [5.41, 5.74) is 3.47. The van der Waals surface area contributed by atoms with Crippen molar-refractivity contribution in [3.8, 4) is 0 Å². The van der Waals surface area contributed by atoms with Gasteiger partial charge >= 0.3 is 0 Å². The van der Waals surface area contributed by atoms with Crippen molar-refractivity contribution in [1.29, 1.82) is 0 Å². The lowest BCUT2D eigenvalue weighted by molar-refractivity contribution is 0.537. The van der Waals surface area contributed by atoms with Crippen LogP contribution in [-0.4, -0.2) is 12.3 Å². The molecular weight excluding hydrogens is 337 g/mol. The van der Waals surface area contributed by atoms with Crippen LogP contribution in [0.4, 0.5) is 0 Å². The van der Waals surface area contributed by atoms with Crippen LogP contribution in [0.3, 0.4) is 0 Å². The third kappa shape index (κ3) is 1.88. The average Bonchev–Trinajstić information content (AvgIpc) is 2.65. The summed E-state index contributed by atoms with van der Waals surface area (Å²) in [7, 11) is 0. The Labute approximate surface area is 121 Å². The van der Waals surface area contributed by atoms with E-state index in [2.05, 4.69) is 66.6 Å². The molecule has 0 spiro atoms. The third-order valence-corrected chi connectivity index (χ3v) is 3.98. The molecular formula is C15H16INO. The summed E-state index contributed by atoms with van der Waals surface area (Å²) in [6.45, 7) is 7.45. The topological polar surface area (TPSA) is 25.5 Å². The Morgan fingerprint density at radius 2 is 2.06 bits per heavy atom. The first-order valence-corrected chi connectivity index (χ1v) is 7.31. The molecule has 2 heterocycles. The SMILES string of the molecule is CC(C)(C)C1=NCCc2c1oc1ccc(I)cc21. The monoisotopic (exact) mass is 353 g/mol. The van der Waals surface area contributed by atoms with Crippen LogP contribution in [0, 0.1) is 8.99 Å². The summed E-state index contributed by atoms with van der Waals surface area (Å²) in [4.78, 5) is 4.68. The van der Waals surface area contributed by atoms with E-state index in [4.69, 9.17) is 4.42 Å². The molecule has 18 heavy (non-hydrogen) atoms. The molecule has 0 saturated heterocycles. The highest BCUT2D eigenvalue weighted by Gasteiger charge is 2.29. The summed E-state index contributed by atoms with van der Waals surface area (Å²) in [5.74, 6) is 1.01. The lowest BCUT2D eigenvalue weighted by Gasteiger charge is -2.23. The average molecular weight is 353 g/mol. The number of fused-ring (bicyclic) bond motifs is 3. The smallest absolute Gasteiger partial charge is 0.152 e. The van der Waals surface area contributed by atoms with Crippen molar-refractivity contribution in [2.45, 2.75) is 27.2 Å². The highest BCUT2D eigenvalue weighted by atomic mass is 127. The van der Waals surface area contributed by atoms with Crippen LogP contribution in [0.2, 0.25) is 0 Å². The van der Waals surface area contributed by atoms with Crippen molar-refractivity contribution in [2.24, 2.45) is 10.4 Å². The van der Waals surface area contributed by atoms with E-state index in [1.807, 2.05) is 0 Å². The van der Waals surface area contributed by atoms with Gasteiger partial charge in [0.25, 0.3) is 0 Å². The molecule has 0 bridgehead atoms. The molecule has 1 aromatic heterocycles. The third-order valence-electron chi connectivity index (χ3n) is 3.31. The second-order valence-corrected chi connectivity index (χ2v) is 7.03. The molecule has 1 aliphatic heterocycles. The van der Waals surface area contributed by atoms with Crippen LogP contribution in [-0.2, 0) is 6.42 Å². The summed E-state index contributed by atoms with van der Waals surface area (Å²) in [5, 5.41) is 1.26. The van der Waals surface area contributed by atoms with Gasteiger partial charge in [-0.1, -0.05) is 20.8 Å². The second kappa shape index (κ2) is 4.08. The Morgan fingerprint density at radius 1 is 1.28 bits per heavy atom. The highest BCUT2D eigenvalue weighted by Crippen LogP contribution is 2.34. The number of halogens is 1. The van der Waals surface area contributed by atoms with Gasteiger partial charge in [0, 0.05) is 26.5 Å². The molecule has 0 radical (unpaired) electrons. The van der Waals surface area contributed by atoms with E-state index in [1.54, 1.807) is 0 Å². The Bertz CT molecular complexity index is 646. The maximum absolute atomic E-state index is 6.05. The molecule has 0 fully saturated rings. The molecule has 1 aliphatic rings. The summed E-state index contributed by atoms with van der Waals surface area (Å²) in [6, 6.07) is 6.37. The first kappa shape index (κ1) is 12.2. The maximum Gasteiger partial charge on any atom is 0.152 e. The largest absolute Gasteiger partial charge is 0.454 e. The number of benzene rings is 1.